The SMILES string of the molecule is CCS(=O)(=O)CCN1CC(C)NCc2ccccc21. The average Bonchev–Trinajstić information content (AvgIpc) is 2.57. The standard InChI is InChI=1S/C14H22N2O2S/c1-3-19(17,18)9-8-16-11-12(2)15-10-13-6-4-5-7-14(13)16/h4-7,12,15H,3,8-11H2,1-2H3. The lowest BCUT2D eigenvalue weighted by molar-refractivity contribution is 0.554. The third-order valence-corrected chi connectivity index (χ3v) is 5.26. The Morgan fingerprint density at radius 2 is 2.11 bits per heavy atom. The molecule has 2 rings (SSSR count). The van der Waals surface area contributed by atoms with Crippen molar-refractivity contribution in [3.63, 3.8) is 0 Å². The third kappa shape index (κ3) is 3.70. The highest BCUT2D eigenvalue weighted by Crippen LogP contribution is 2.23. The summed E-state index contributed by atoms with van der Waals surface area (Å²) in [6.45, 7) is 6.09. The number of sulfone groups is 1. The van der Waals surface area contributed by atoms with Crippen LogP contribution in [0, 0.1) is 0 Å². The van der Waals surface area contributed by atoms with E-state index in [4.69, 9.17) is 0 Å². The van der Waals surface area contributed by atoms with Gasteiger partial charge in [-0.3, -0.25) is 0 Å². The van der Waals surface area contributed by atoms with Crippen molar-refractivity contribution < 1.29 is 8.42 Å². The van der Waals surface area contributed by atoms with Gasteiger partial charge in [-0.2, -0.15) is 0 Å². The molecule has 4 nitrogen and oxygen atoms in total. The van der Waals surface area contributed by atoms with E-state index in [0.717, 1.165) is 18.8 Å². The molecule has 0 spiro atoms. The molecule has 0 aliphatic carbocycles. The maximum atomic E-state index is 11.7. The Hall–Kier alpha value is -1.07. The number of para-hydroxylation sites is 1. The molecular formula is C14H22N2O2S. The Labute approximate surface area is 115 Å². The molecule has 1 aromatic carbocycles. The van der Waals surface area contributed by atoms with Gasteiger partial charge in [-0.15, -0.1) is 0 Å². The predicted molar refractivity (Wildman–Crippen MR) is 79.3 cm³/mol. The molecule has 0 saturated carbocycles. The van der Waals surface area contributed by atoms with E-state index in [0.29, 0.717) is 12.6 Å². The van der Waals surface area contributed by atoms with Crippen LogP contribution < -0.4 is 10.2 Å². The van der Waals surface area contributed by atoms with Crippen molar-refractivity contribution >= 4 is 15.5 Å². The summed E-state index contributed by atoms with van der Waals surface area (Å²) < 4.78 is 23.4. The van der Waals surface area contributed by atoms with Gasteiger partial charge in [0.05, 0.1) is 5.75 Å². The van der Waals surface area contributed by atoms with Gasteiger partial charge in [0, 0.05) is 37.1 Å². The van der Waals surface area contributed by atoms with E-state index >= 15 is 0 Å². The van der Waals surface area contributed by atoms with Crippen molar-refractivity contribution in [1.29, 1.82) is 0 Å². The van der Waals surface area contributed by atoms with Gasteiger partial charge in [0.25, 0.3) is 0 Å². The van der Waals surface area contributed by atoms with Crippen molar-refractivity contribution in [2.75, 3.05) is 29.5 Å². The summed E-state index contributed by atoms with van der Waals surface area (Å²) in [5.74, 6) is 0.445. The van der Waals surface area contributed by atoms with Gasteiger partial charge in [0.2, 0.25) is 0 Å². The molecule has 1 aliphatic rings. The zero-order valence-corrected chi connectivity index (χ0v) is 12.4. The molecule has 1 aliphatic heterocycles. The topological polar surface area (TPSA) is 49.4 Å². The Morgan fingerprint density at radius 3 is 2.84 bits per heavy atom. The van der Waals surface area contributed by atoms with Gasteiger partial charge in [0.15, 0.2) is 9.84 Å². The molecule has 106 valence electrons. The first-order valence-corrected chi connectivity index (χ1v) is 8.60. The first-order valence-electron chi connectivity index (χ1n) is 6.78. The van der Waals surface area contributed by atoms with E-state index in [9.17, 15) is 8.42 Å². The zero-order chi connectivity index (χ0) is 13.9. The number of nitrogens with one attached hydrogen (secondary N) is 1. The lowest BCUT2D eigenvalue weighted by Gasteiger charge is -2.26. The minimum atomic E-state index is -2.91. The van der Waals surface area contributed by atoms with Crippen LogP contribution in [-0.4, -0.2) is 39.1 Å². The highest BCUT2D eigenvalue weighted by Gasteiger charge is 2.20. The molecule has 1 atom stereocenters. The summed E-state index contributed by atoms with van der Waals surface area (Å²) in [6.07, 6.45) is 0. The van der Waals surface area contributed by atoms with E-state index in [-0.39, 0.29) is 11.5 Å². The molecular weight excluding hydrogens is 260 g/mol. The quantitative estimate of drug-likeness (QED) is 0.907. The van der Waals surface area contributed by atoms with Crippen LogP contribution in [0.4, 0.5) is 5.69 Å². The molecule has 1 heterocycles. The molecule has 1 N–H and O–H groups in total. The minimum Gasteiger partial charge on any atom is -0.369 e. The summed E-state index contributed by atoms with van der Waals surface area (Å²) >= 11 is 0. The van der Waals surface area contributed by atoms with Crippen molar-refractivity contribution in [1.82, 2.24) is 5.32 Å². The number of hydrogen-bond donors (Lipinski definition) is 1. The van der Waals surface area contributed by atoms with Crippen LogP contribution in [0.5, 0.6) is 0 Å². The fourth-order valence-corrected chi connectivity index (χ4v) is 3.14. The molecule has 5 heteroatoms. The number of anilines is 1. The maximum absolute atomic E-state index is 11.7. The third-order valence-electron chi connectivity index (χ3n) is 3.58. The second kappa shape index (κ2) is 5.92. The second-order valence-electron chi connectivity index (χ2n) is 5.09. The van der Waals surface area contributed by atoms with Crippen LogP contribution in [0.1, 0.15) is 19.4 Å². The molecule has 1 aromatic rings. The highest BCUT2D eigenvalue weighted by atomic mass is 32.2. The maximum Gasteiger partial charge on any atom is 0.151 e. The molecule has 0 fully saturated rings. The number of fused-ring (bicyclic) bond motifs is 1. The Kier molecular flexibility index (Phi) is 4.47. The first kappa shape index (κ1) is 14.3. The van der Waals surface area contributed by atoms with E-state index < -0.39 is 9.84 Å². The first-order chi connectivity index (χ1) is 9.02. The highest BCUT2D eigenvalue weighted by molar-refractivity contribution is 7.91. The van der Waals surface area contributed by atoms with E-state index in [1.165, 1.54) is 5.56 Å². The summed E-state index contributed by atoms with van der Waals surface area (Å²) in [5.41, 5.74) is 2.39. The summed E-state index contributed by atoms with van der Waals surface area (Å²) in [7, 11) is -2.91. The molecule has 0 radical (unpaired) electrons. The molecule has 0 bridgehead atoms. The molecule has 19 heavy (non-hydrogen) atoms. The minimum absolute atomic E-state index is 0.219. The van der Waals surface area contributed by atoms with Gasteiger partial charge in [-0.1, -0.05) is 25.1 Å². The van der Waals surface area contributed by atoms with Crippen LogP contribution in [0.15, 0.2) is 24.3 Å². The number of nitrogens with zero attached hydrogens (tertiary/aromatic N) is 1. The van der Waals surface area contributed by atoms with Crippen molar-refractivity contribution in [2.45, 2.75) is 26.4 Å². The summed E-state index contributed by atoms with van der Waals surface area (Å²) in [5, 5.41) is 3.45. The van der Waals surface area contributed by atoms with E-state index in [1.807, 2.05) is 12.1 Å². The normalized spacial score (nSPS) is 19.9. The zero-order valence-electron chi connectivity index (χ0n) is 11.6. The number of hydrogen-bond acceptors (Lipinski definition) is 4. The average molecular weight is 282 g/mol. The lowest BCUT2D eigenvalue weighted by atomic mass is 10.1. The fourth-order valence-electron chi connectivity index (χ4n) is 2.35. The molecule has 0 saturated heterocycles. The van der Waals surface area contributed by atoms with Gasteiger partial charge in [-0.25, -0.2) is 8.42 Å². The summed E-state index contributed by atoms with van der Waals surface area (Å²) in [4.78, 5) is 2.19. The monoisotopic (exact) mass is 282 g/mol. The number of benzene rings is 1. The smallest absolute Gasteiger partial charge is 0.151 e. The van der Waals surface area contributed by atoms with Gasteiger partial charge < -0.3 is 10.2 Å². The van der Waals surface area contributed by atoms with Crippen molar-refractivity contribution in [3.05, 3.63) is 29.8 Å². The predicted octanol–water partition coefficient (Wildman–Crippen LogP) is 1.42. The van der Waals surface area contributed by atoms with Crippen LogP contribution in [0.2, 0.25) is 0 Å². The molecule has 1 unspecified atom stereocenters. The van der Waals surface area contributed by atoms with E-state index in [2.05, 4.69) is 29.3 Å². The van der Waals surface area contributed by atoms with Crippen molar-refractivity contribution in [3.8, 4) is 0 Å². The van der Waals surface area contributed by atoms with Crippen LogP contribution in [0.25, 0.3) is 0 Å². The molecule has 0 amide bonds. The van der Waals surface area contributed by atoms with Crippen LogP contribution >= 0.6 is 0 Å². The van der Waals surface area contributed by atoms with Gasteiger partial charge in [0.1, 0.15) is 0 Å². The van der Waals surface area contributed by atoms with Gasteiger partial charge >= 0.3 is 0 Å². The van der Waals surface area contributed by atoms with Gasteiger partial charge in [-0.05, 0) is 18.6 Å². The fraction of sp³-hybridized carbons (Fsp3) is 0.571. The lowest BCUT2D eigenvalue weighted by Crippen LogP contribution is -2.38. The largest absolute Gasteiger partial charge is 0.369 e. The molecule has 0 aromatic heterocycles. The number of rotatable bonds is 4. The van der Waals surface area contributed by atoms with Crippen LogP contribution in [-0.2, 0) is 16.4 Å². The second-order valence-corrected chi connectivity index (χ2v) is 7.57. The van der Waals surface area contributed by atoms with Crippen LogP contribution in [0.3, 0.4) is 0 Å². The Balaban J connectivity index is 2.18. The van der Waals surface area contributed by atoms with Crippen molar-refractivity contribution in [2.24, 2.45) is 0 Å². The summed E-state index contributed by atoms with van der Waals surface area (Å²) in [6, 6.07) is 8.57. The Morgan fingerprint density at radius 1 is 1.37 bits per heavy atom. The van der Waals surface area contributed by atoms with E-state index in [1.54, 1.807) is 6.92 Å². The Bertz CT molecular complexity index is 528.